The zero-order valence-corrected chi connectivity index (χ0v) is 26.7. The van der Waals surface area contributed by atoms with Crippen LogP contribution in [0.25, 0.3) is 21.5 Å². The lowest BCUT2D eigenvalue weighted by Gasteiger charge is -2.20. The Hall–Kier alpha value is -2.52. The number of rotatable bonds is 12. The highest BCUT2D eigenvalue weighted by atomic mass is 79.9. The van der Waals surface area contributed by atoms with Crippen LogP contribution < -0.4 is 18.9 Å². The minimum atomic E-state index is -0.198. The predicted octanol–water partition coefficient (Wildman–Crippen LogP) is 8.05. The van der Waals surface area contributed by atoms with Crippen LogP contribution in [0.15, 0.2) is 48.5 Å². The Labute approximate surface area is 253 Å². The lowest BCUT2D eigenvalue weighted by atomic mass is 9.98. The molecule has 4 aromatic rings. The van der Waals surface area contributed by atoms with Gasteiger partial charge in [0.05, 0.1) is 39.6 Å². The van der Waals surface area contributed by atoms with Crippen LogP contribution in [0.1, 0.15) is 49.9 Å². The van der Waals surface area contributed by atoms with Gasteiger partial charge in [0.2, 0.25) is 0 Å². The summed E-state index contributed by atoms with van der Waals surface area (Å²) >= 11 is 7.17. The summed E-state index contributed by atoms with van der Waals surface area (Å²) in [6.07, 6.45) is 0. The van der Waals surface area contributed by atoms with E-state index >= 15 is 0 Å². The topological polar surface area (TPSA) is 77.4 Å². The number of aliphatic hydroxyl groups excluding tert-OH is 2. The van der Waals surface area contributed by atoms with Gasteiger partial charge in [-0.15, -0.1) is 0 Å². The van der Waals surface area contributed by atoms with E-state index < -0.39 is 0 Å². The van der Waals surface area contributed by atoms with Gasteiger partial charge >= 0.3 is 0 Å². The number of fused-ring (bicyclic) bond motifs is 2. The molecule has 4 aromatic carbocycles. The molecule has 2 N–H and O–H groups in total. The first-order chi connectivity index (χ1) is 19.6. The van der Waals surface area contributed by atoms with Gasteiger partial charge in [0.1, 0.15) is 23.0 Å². The fourth-order valence-corrected chi connectivity index (χ4v) is 6.00. The van der Waals surface area contributed by atoms with Crippen molar-refractivity contribution in [3.63, 3.8) is 0 Å². The van der Waals surface area contributed by atoms with E-state index in [9.17, 15) is 10.2 Å². The zero-order chi connectivity index (χ0) is 29.1. The maximum atomic E-state index is 9.66. The number of benzene rings is 4. The van der Waals surface area contributed by atoms with E-state index in [1.807, 2.05) is 64.1 Å². The minimum absolute atomic E-state index is 0.198. The Bertz CT molecular complexity index is 1190. The van der Waals surface area contributed by atoms with E-state index in [0.29, 0.717) is 49.1 Å². The van der Waals surface area contributed by atoms with Gasteiger partial charge in [0, 0.05) is 54.5 Å². The van der Waals surface area contributed by atoms with E-state index in [2.05, 4.69) is 44.0 Å². The molecule has 0 unspecified atom stereocenters. The Morgan fingerprint density at radius 1 is 0.475 bits per heavy atom. The molecule has 8 heteroatoms. The second kappa shape index (κ2) is 16.1. The highest BCUT2D eigenvalue weighted by Gasteiger charge is 2.21. The van der Waals surface area contributed by atoms with Crippen LogP contribution in [0.5, 0.6) is 23.0 Å². The SMILES string of the molecule is CCOc1c(CBr)c(CBr)c(OCC)c2ccccc12.CCOc1c(CO)c(CO)c(OCC)c2ccccc12. The van der Waals surface area contributed by atoms with Crippen molar-refractivity contribution < 1.29 is 29.2 Å². The maximum Gasteiger partial charge on any atom is 0.133 e. The van der Waals surface area contributed by atoms with Crippen molar-refractivity contribution in [1.29, 1.82) is 0 Å². The average molecular weight is 678 g/mol. The summed E-state index contributed by atoms with van der Waals surface area (Å²) in [6, 6.07) is 16.0. The van der Waals surface area contributed by atoms with Gasteiger partial charge in [-0.3, -0.25) is 0 Å². The van der Waals surface area contributed by atoms with Gasteiger partial charge < -0.3 is 29.2 Å². The highest BCUT2D eigenvalue weighted by molar-refractivity contribution is 9.09. The molecule has 0 fully saturated rings. The standard InChI is InChI=1S/C16H18Br2O2.C16H20O4/c2*1-3-19-15-11-7-5-6-8-12(11)16(20-4-2)14(10-18)13(15)9-17/h5-8H,3-4,9-10H2,1-2H3;5-8,17-18H,3-4,9-10H2,1-2H3. The molecule has 0 heterocycles. The normalized spacial score (nSPS) is 10.8. The molecule has 4 rings (SSSR count). The van der Waals surface area contributed by atoms with Gasteiger partial charge in [-0.05, 0) is 27.7 Å². The first kappa shape index (κ1) is 32.0. The second-order valence-corrected chi connectivity index (χ2v) is 9.76. The summed E-state index contributed by atoms with van der Waals surface area (Å²) in [6.45, 7) is 9.71. The summed E-state index contributed by atoms with van der Waals surface area (Å²) < 4.78 is 23.2. The summed E-state index contributed by atoms with van der Waals surface area (Å²) in [4.78, 5) is 0. The van der Waals surface area contributed by atoms with Gasteiger partial charge in [0.25, 0.3) is 0 Å². The van der Waals surface area contributed by atoms with Crippen molar-refractivity contribution in [1.82, 2.24) is 0 Å². The number of ether oxygens (including phenoxy) is 4. The molecule has 0 radical (unpaired) electrons. The van der Waals surface area contributed by atoms with Crippen molar-refractivity contribution in [2.45, 2.75) is 51.6 Å². The third-order valence-corrected chi connectivity index (χ3v) is 7.52. The van der Waals surface area contributed by atoms with Gasteiger partial charge in [-0.2, -0.15) is 0 Å². The monoisotopic (exact) mass is 676 g/mol. The second-order valence-electron chi connectivity index (χ2n) is 8.64. The first-order valence-electron chi connectivity index (χ1n) is 13.5. The third-order valence-electron chi connectivity index (χ3n) is 6.40. The molecule has 0 aromatic heterocycles. The number of hydrogen-bond acceptors (Lipinski definition) is 6. The first-order valence-corrected chi connectivity index (χ1v) is 15.8. The van der Waals surface area contributed by atoms with E-state index in [0.717, 1.165) is 54.8 Å². The number of halogens is 2. The largest absolute Gasteiger partial charge is 0.493 e. The summed E-state index contributed by atoms with van der Waals surface area (Å²) in [5.41, 5.74) is 3.50. The molecule has 0 aliphatic heterocycles. The van der Waals surface area contributed by atoms with Crippen molar-refractivity contribution in [2.24, 2.45) is 0 Å². The summed E-state index contributed by atoms with van der Waals surface area (Å²) in [7, 11) is 0. The van der Waals surface area contributed by atoms with Crippen LogP contribution in [-0.2, 0) is 23.9 Å². The third kappa shape index (κ3) is 6.68. The van der Waals surface area contributed by atoms with E-state index in [1.165, 1.54) is 0 Å². The number of alkyl halides is 2. The van der Waals surface area contributed by atoms with Crippen molar-refractivity contribution in [2.75, 3.05) is 26.4 Å². The van der Waals surface area contributed by atoms with Crippen molar-refractivity contribution >= 4 is 53.4 Å². The van der Waals surface area contributed by atoms with Crippen molar-refractivity contribution in [3.05, 3.63) is 70.8 Å². The zero-order valence-electron chi connectivity index (χ0n) is 23.6. The Kier molecular flexibility index (Phi) is 12.8. The summed E-state index contributed by atoms with van der Waals surface area (Å²) in [5.74, 6) is 3.16. The molecule has 0 amide bonds. The van der Waals surface area contributed by atoms with Gasteiger partial charge in [0.15, 0.2) is 0 Å². The lowest BCUT2D eigenvalue weighted by molar-refractivity contribution is 0.242. The quantitative estimate of drug-likeness (QED) is 0.148. The van der Waals surface area contributed by atoms with Crippen LogP contribution in [0.4, 0.5) is 0 Å². The molecule has 40 heavy (non-hydrogen) atoms. The molecule has 0 saturated heterocycles. The van der Waals surface area contributed by atoms with Crippen LogP contribution in [-0.4, -0.2) is 36.6 Å². The maximum absolute atomic E-state index is 9.66. The molecule has 0 spiro atoms. The molecule has 0 saturated carbocycles. The van der Waals surface area contributed by atoms with Crippen LogP contribution in [0, 0.1) is 0 Å². The number of aliphatic hydroxyl groups is 2. The highest BCUT2D eigenvalue weighted by Crippen LogP contribution is 2.43. The van der Waals surface area contributed by atoms with Crippen LogP contribution in [0.3, 0.4) is 0 Å². The Morgan fingerprint density at radius 3 is 0.925 bits per heavy atom. The smallest absolute Gasteiger partial charge is 0.133 e. The summed E-state index contributed by atoms with van der Waals surface area (Å²) in [5, 5.41) is 24.8. The van der Waals surface area contributed by atoms with Crippen molar-refractivity contribution in [3.8, 4) is 23.0 Å². The molecule has 0 bridgehead atoms. The van der Waals surface area contributed by atoms with Crippen LogP contribution >= 0.6 is 31.9 Å². The molecular formula is C32H38Br2O6. The van der Waals surface area contributed by atoms with Gasteiger partial charge in [-0.25, -0.2) is 0 Å². The average Bonchev–Trinajstić information content (AvgIpc) is 2.99. The fraction of sp³-hybridized carbons (Fsp3) is 0.375. The van der Waals surface area contributed by atoms with E-state index in [-0.39, 0.29) is 13.2 Å². The molecule has 0 aliphatic carbocycles. The van der Waals surface area contributed by atoms with E-state index in [4.69, 9.17) is 18.9 Å². The van der Waals surface area contributed by atoms with Gasteiger partial charge in [-0.1, -0.05) is 80.4 Å². The fourth-order valence-electron chi connectivity index (χ4n) is 4.81. The molecule has 6 nitrogen and oxygen atoms in total. The Balaban J connectivity index is 0.000000220. The lowest BCUT2D eigenvalue weighted by Crippen LogP contribution is -2.06. The molecular weight excluding hydrogens is 640 g/mol. The van der Waals surface area contributed by atoms with Crippen LogP contribution in [0.2, 0.25) is 0 Å². The predicted molar refractivity (Wildman–Crippen MR) is 170 cm³/mol. The minimum Gasteiger partial charge on any atom is -0.493 e. The number of hydrogen-bond donors (Lipinski definition) is 2. The molecule has 0 aliphatic rings. The Morgan fingerprint density at radius 2 is 0.725 bits per heavy atom. The molecule has 216 valence electrons. The molecule has 0 atom stereocenters. The van der Waals surface area contributed by atoms with E-state index in [1.54, 1.807) is 0 Å².